The molecule has 0 saturated heterocycles. The zero-order valence-corrected chi connectivity index (χ0v) is 8.47. The van der Waals surface area contributed by atoms with Crippen LogP contribution in [-0.2, 0) is 0 Å². The van der Waals surface area contributed by atoms with Crippen LogP contribution in [0.1, 0.15) is 25.8 Å². The highest BCUT2D eigenvalue weighted by Crippen LogP contribution is 2.13. The predicted molar refractivity (Wildman–Crippen MR) is 51.9 cm³/mol. The molecule has 6 nitrogen and oxygen atoms in total. The fraction of sp³-hybridized carbons (Fsp3) is 0.750. The Morgan fingerprint density at radius 2 is 2.14 bits per heavy atom. The minimum Gasteiger partial charge on any atom is -0.382 e. The lowest BCUT2D eigenvalue weighted by Gasteiger charge is -2.14. The van der Waals surface area contributed by atoms with E-state index >= 15 is 0 Å². The molecule has 1 atom stereocenters. The van der Waals surface area contributed by atoms with E-state index in [0.717, 1.165) is 13.1 Å². The van der Waals surface area contributed by atoms with Gasteiger partial charge in [-0.2, -0.15) is 4.98 Å². The number of aliphatic hydroxyl groups excluding tert-OH is 1. The van der Waals surface area contributed by atoms with Crippen molar-refractivity contribution in [2.24, 2.45) is 5.73 Å². The zero-order valence-electron chi connectivity index (χ0n) is 8.47. The first-order valence-corrected chi connectivity index (χ1v) is 4.69. The summed E-state index contributed by atoms with van der Waals surface area (Å²) in [6, 6.07) is 0. The van der Waals surface area contributed by atoms with Crippen molar-refractivity contribution in [2.75, 3.05) is 24.5 Å². The molecule has 0 amide bonds. The van der Waals surface area contributed by atoms with Crippen molar-refractivity contribution in [2.45, 2.75) is 20.0 Å². The van der Waals surface area contributed by atoms with Crippen LogP contribution < -0.4 is 10.6 Å². The van der Waals surface area contributed by atoms with Gasteiger partial charge in [0.05, 0.1) is 0 Å². The number of nitrogens with two attached hydrogens (primary N) is 1. The summed E-state index contributed by atoms with van der Waals surface area (Å²) >= 11 is 0. The van der Waals surface area contributed by atoms with Crippen molar-refractivity contribution < 1.29 is 9.63 Å². The number of rotatable bonds is 5. The van der Waals surface area contributed by atoms with E-state index in [9.17, 15) is 5.11 Å². The van der Waals surface area contributed by atoms with E-state index in [1.807, 2.05) is 18.7 Å². The highest BCUT2D eigenvalue weighted by atomic mass is 16.5. The van der Waals surface area contributed by atoms with Crippen LogP contribution in [0.4, 0.5) is 5.95 Å². The van der Waals surface area contributed by atoms with Crippen molar-refractivity contribution in [3.8, 4) is 0 Å². The molecule has 0 bridgehead atoms. The molecule has 1 unspecified atom stereocenters. The van der Waals surface area contributed by atoms with Gasteiger partial charge in [0.25, 0.3) is 11.8 Å². The third kappa shape index (κ3) is 2.21. The molecular weight excluding hydrogens is 184 g/mol. The topological polar surface area (TPSA) is 88.4 Å². The van der Waals surface area contributed by atoms with Crippen LogP contribution in [0.15, 0.2) is 4.52 Å². The average Bonchev–Trinajstić information content (AvgIpc) is 2.68. The van der Waals surface area contributed by atoms with Crippen LogP contribution in [0, 0.1) is 0 Å². The number of aliphatic hydroxyl groups is 1. The molecule has 0 saturated carbocycles. The second-order valence-electron chi connectivity index (χ2n) is 2.86. The first-order valence-electron chi connectivity index (χ1n) is 4.69. The summed E-state index contributed by atoms with van der Waals surface area (Å²) in [6.45, 7) is 5.68. The minimum absolute atomic E-state index is 0.0832. The molecule has 1 aromatic rings. The molecule has 0 aliphatic carbocycles. The van der Waals surface area contributed by atoms with Crippen LogP contribution in [-0.4, -0.2) is 34.9 Å². The average molecular weight is 200 g/mol. The number of hydrogen-bond donors (Lipinski definition) is 2. The van der Waals surface area contributed by atoms with E-state index < -0.39 is 6.10 Å². The summed E-state index contributed by atoms with van der Waals surface area (Å²) in [5.41, 5.74) is 5.26. The van der Waals surface area contributed by atoms with E-state index in [-0.39, 0.29) is 12.4 Å². The first-order chi connectivity index (χ1) is 6.72. The lowest BCUT2D eigenvalue weighted by atomic mass is 10.4. The highest BCUT2D eigenvalue weighted by molar-refractivity contribution is 5.26. The summed E-state index contributed by atoms with van der Waals surface area (Å²) in [5, 5.41) is 13.1. The van der Waals surface area contributed by atoms with E-state index in [1.165, 1.54) is 0 Å². The Morgan fingerprint density at radius 1 is 1.50 bits per heavy atom. The van der Waals surface area contributed by atoms with Crippen molar-refractivity contribution in [1.29, 1.82) is 0 Å². The van der Waals surface area contributed by atoms with Gasteiger partial charge in [-0.05, 0) is 19.0 Å². The molecule has 1 heterocycles. The minimum atomic E-state index is -0.869. The van der Waals surface area contributed by atoms with E-state index in [4.69, 9.17) is 10.3 Å². The molecular formula is C8H16N4O2. The number of nitrogens with zero attached hydrogens (tertiary/aromatic N) is 3. The molecule has 0 fully saturated rings. The first kappa shape index (κ1) is 10.9. The molecule has 80 valence electrons. The van der Waals surface area contributed by atoms with Gasteiger partial charge in [0.15, 0.2) is 0 Å². The normalized spacial score (nSPS) is 12.9. The molecule has 3 N–H and O–H groups in total. The Kier molecular flexibility index (Phi) is 3.84. The third-order valence-electron chi connectivity index (χ3n) is 1.99. The Bertz CT molecular complexity index is 272. The van der Waals surface area contributed by atoms with Crippen LogP contribution in [0.25, 0.3) is 0 Å². The van der Waals surface area contributed by atoms with Gasteiger partial charge in [-0.15, -0.1) is 0 Å². The lowest BCUT2D eigenvalue weighted by Crippen LogP contribution is -2.23. The molecule has 0 aliphatic heterocycles. The predicted octanol–water partition coefficient (Wildman–Crippen LogP) is -0.0921. The third-order valence-corrected chi connectivity index (χ3v) is 1.99. The van der Waals surface area contributed by atoms with Gasteiger partial charge in [-0.25, -0.2) is 0 Å². The monoisotopic (exact) mass is 200 g/mol. The molecule has 0 radical (unpaired) electrons. The van der Waals surface area contributed by atoms with E-state index in [0.29, 0.717) is 5.95 Å². The SMILES string of the molecule is CCN(CC)c1noc(C(O)CN)n1. The van der Waals surface area contributed by atoms with Crippen molar-refractivity contribution in [3.63, 3.8) is 0 Å². The number of aromatic nitrogens is 2. The van der Waals surface area contributed by atoms with Crippen LogP contribution in [0.3, 0.4) is 0 Å². The molecule has 6 heteroatoms. The molecule has 0 aromatic carbocycles. The maximum atomic E-state index is 9.33. The van der Waals surface area contributed by atoms with Gasteiger partial charge in [0.1, 0.15) is 6.10 Å². The van der Waals surface area contributed by atoms with Gasteiger partial charge >= 0.3 is 0 Å². The van der Waals surface area contributed by atoms with Gasteiger partial charge < -0.3 is 20.3 Å². The smallest absolute Gasteiger partial charge is 0.266 e. The van der Waals surface area contributed by atoms with Gasteiger partial charge in [0.2, 0.25) is 0 Å². The van der Waals surface area contributed by atoms with Gasteiger partial charge in [-0.3, -0.25) is 0 Å². The van der Waals surface area contributed by atoms with Crippen LogP contribution >= 0.6 is 0 Å². The number of anilines is 1. The summed E-state index contributed by atoms with van der Waals surface area (Å²) in [5.74, 6) is 0.673. The van der Waals surface area contributed by atoms with Crippen LogP contribution in [0.2, 0.25) is 0 Å². The van der Waals surface area contributed by atoms with Gasteiger partial charge in [-0.1, -0.05) is 0 Å². The van der Waals surface area contributed by atoms with Crippen molar-refractivity contribution in [3.05, 3.63) is 5.89 Å². The molecule has 14 heavy (non-hydrogen) atoms. The quantitative estimate of drug-likeness (QED) is 0.690. The van der Waals surface area contributed by atoms with Crippen molar-refractivity contribution >= 4 is 5.95 Å². The summed E-state index contributed by atoms with van der Waals surface area (Å²) < 4.78 is 4.87. The summed E-state index contributed by atoms with van der Waals surface area (Å²) in [6.07, 6.45) is -0.869. The van der Waals surface area contributed by atoms with Crippen LogP contribution in [0.5, 0.6) is 0 Å². The molecule has 0 aliphatic rings. The Labute approximate surface area is 82.7 Å². The van der Waals surface area contributed by atoms with Crippen molar-refractivity contribution in [1.82, 2.24) is 10.1 Å². The zero-order chi connectivity index (χ0) is 10.6. The highest BCUT2D eigenvalue weighted by Gasteiger charge is 2.16. The molecule has 0 spiro atoms. The summed E-state index contributed by atoms with van der Waals surface area (Å²) in [4.78, 5) is 5.97. The summed E-state index contributed by atoms with van der Waals surface area (Å²) in [7, 11) is 0. The fourth-order valence-corrected chi connectivity index (χ4v) is 1.10. The second-order valence-corrected chi connectivity index (χ2v) is 2.86. The molecule has 1 aromatic heterocycles. The number of hydrogen-bond acceptors (Lipinski definition) is 6. The van der Waals surface area contributed by atoms with E-state index in [1.54, 1.807) is 0 Å². The Morgan fingerprint density at radius 3 is 2.64 bits per heavy atom. The van der Waals surface area contributed by atoms with Gasteiger partial charge in [0, 0.05) is 19.6 Å². The maximum Gasteiger partial charge on any atom is 0.266 e. The molecule has 1 rings (SSSR count). The fourth-order valence-electron chi connectivity index (χ4n) is 1.10. The maximum absolute atomic E-state index is 9.33. The largest absolute Gasteiger partial charge is 0.382 e. The lowest BCUT2D eigenvalue weighted by molar-refractivity contribution is 0.141. The second kappa shape index (κ2) is 4.92. The Balaban J connectivity index is 2.76. The standard InChI is InChI=1S/C8H16N4O2/c1-3-12(4-2)8-10-7(14-11-8)6(13)5-9/h6,13H,3-5,9H2,1-2H3. The Hall–Kier alpha value is -1.14. The van der Waals surface area contributed by atoms with E-state index in [2.05, 4.69) is 10.1 Å².